The molecule has 148 valence electrons. The molecule has 27 heavy (non-hydrogen) atoms. The van der Waals surface area contributed by atoms with Gasteiger partial charge in [0.2, 0.25) is 0 Å². The number of aryl methyl sites for hydroxylation is 1. The predicted octanol–water partition coefficient (Wildman–Crippen LogP) is 2.73. The number of hydrogen-bond acceptors (Lipinski definition) is 6. The number of aromatic nitrogens is 4. The van der Waals surface area contributed by atoms with Gasteiger partial charge in [0.05, 0.1) is 5.75 Å². The fourth-order valence-electron chi connectivity index (χ4n) is 2.49. The van der Waals surface area contributed by atoms with Gasteiger partial charge in [-0.3, -0.25) is 18.7 Å². The quantitative estimate of drug-likeness (QED) is 0.555. The van der Waals surface area contributed by atoms with Crippen LogP contribution in [0.1, 0.15) is 59.7 Å². The smallest absolute Gasteiger partial charge is 0.298 e. The minimum Gasteiger partial charge on any atom is -0.298 e. The number of ketones is 1. The molecule has 2 aromatic heterocycles. The maximum Gasteiger partial charge on any atom is 0.332 e. The number of fused-ring (bicyclic) bond motifs is 1. The third-order valence-electron chi connectivity index (χ3n) is 4.31. The summed E-state index contributed by atoms with van der Waals surface area (Å²) in [5.74, 6) is 0.875. The molecule has 0 aromatic carbocycles. The maximum atomic E-state index is 12.8. The highest BCUT2D eigenvalue weighted by atomic mass is 32.2. The number of carbonyl (C=O) groups is 1. The molecule has 0 N–H and O–H groups in total. The molecule has 0 aliphatic rings. The standard InChI is InChI=1S/C19H28N4O3S/c1-8-9-23-15-13(17(25)22(7)18(23)26)16(21-14(20-15)11(2)3)27-10-12(24)19(4,5)6/h11H,8-10H2,1-7H3. The molecule has 0 spiro atoms. The van der Waals surface area contributed by atoms with Gasteiger partial charge in [-0.25, -0.2) is 14.8 Å². The van der Waals surface area contributed by atoms with Crippen molar-refractivity contribution in [3.8, 4) is 0 Å². The van der Waals surface area contributed by atoms with Crippen molar-refractivity contribution in [2.45, 2.75) is 65.5 Å². The zero-order valence-electron chi connectivity index (χ0n) is 17.1. The second-order valence-corrected chi connectivity index (χ2v) is 8.96. The van der Waals surface area contributed by atoms with Crippen molar-refractivity contribution < 1.29 is 4.79 Å². The monoisotopic (exact) mass is 392 g/mol. The summed E-state index contributed by atoms with van der Waals surface area (Å²) in [6.45, 7) is 11.9. The molecule has 0 atom stereocenters. The average molecular weight is 393 g/mol. The lowest BCUT2D eigenvalue weighted by Gasteiger charge is -2.17. The Labute approximate surface area is 163 Å². The van der Waals surface area contributed by atoms with Crippen molar-refractivity contribution in [2.75, 3.05) is 5.75 Å². The van der Waals surface area contributed by atoms with Crippen molar-refractivity contribution in [3.63, 3.8) is 0 Å². The van der Waals surface area contributed by atoms with Crippen molar-refractivity contribution in [1.29, 1.82) is 0 Å². The van der Waals surface area contributed by atoms with E-state index in [1.54, 1.807) is 0 Å². The van der Waals surface area contributed by atoms with Gasteiger partial charge in [0, 0.05) is 24.9 Å². The summed E-state index contributed by atoms with van der Waals surface area (Å²) in [5.41, 5.74) is -0.923. The molecule has 8 heteroatoms. The molecule has 0 aliphatic carbocycles. The van der Waals surface area contributed by atoms with E-state index >= 15 is 0 Å². The van der Waals surface area contributed by atoms with E-state index in [0.717, 1.165) is 11.0 Å². The Morgan fingerprint density at radius 3 is 2.33 bits per heavy atom. The van der Waals surface area contributed by atoms with Crippen LogP contribution in [0.25, 0.3) is 11.0 Å². The first kappa shape index (κ1) is 21.3. The van der Waals surface area contributed by atoms with E-state index in [0.29, 0.717) is 28.4 Å². The van der Waals surface area contributed by atoms with Gasteiger partial charge >= 0.3 is 5.69 Å². The number of hydrogen-bond donors (Lipinski definition) is 0. The Morgan fingerprint density at radius 1 is 1.19 bits per heavy atom. The summed E-state index contributed by atoms with van der Waals surface area (Å²) in [4.78, 5) is 46.9. The number of nitrogens with zero attached hydrogens (tertiary/aromatic N) is 4. The predicted molar refractivity (Wildman–Crippen MR) is 109 cm³/mol. The van der Waals surface area contributed by atoms with E-state index in [-0.39, 0.29) is 23.1 Å². The summed E-state index contributed by atoms with van der Waals surface area (Å²) in [6.07, 6.45) is 0.735. The van der Waals surface area contributed by atoms with Crippen molar-refractivity contribution in [3.05, 3.63) is 26.7 Å². The van der Waals surface area contributed by atoms with Crippen molar-refractivity contribution in [1.82, 2.24) is 19.1 Å². The second-order valence-electron chi connectivity index (χ2n) is 8.00. The number of thioether (sulfide) groups is 1. The van der Waals surface area contributed by atoms with Gasteiger partial charge in [-0.1, -0.05) is 53.3 Å². The van der Waals surface area contributed by atoms with E-state index < -0.39 is 11.0 Å². The van der Waals surface area contributed by atoms with Crippen LogP contribution in [0, 0.1) is 5.41 Å². The molecular formula is C19H28N4O3S. The Morgan fingerprint density at radius 2 is 1.81 bits per heavy atom. The zero-order chi connectivity index (χ0) is 20.5. The first-order valence-corrected chi connectivity index (χ1v) is 10.1. The van der Waals surface area contributed by atoms with Gasteiger partial charge in [0.15, 0.2) is 5.65 Å². The van der Waals surface area contributed by atoms with Gasteiger partial charge in [-0.2, -0.15) is 0 Å². The first-order chi connectivity index (χ1) is 12.5. The van der Waals surface area contributed by atoms with Crippen LogP contribution in [0.15, 0.2) is 14.6 Å². The van der Waals surface area contributed by atoms with Crippen LogP contribution in [0.4, 0.5) is 0 Å². The van der Waals surface area contributed by atoms with E-state index in [9.17, 15) is 14.4 Å². The molecule has 0 saturated heterocycles. The molecule has 0 unspecified atom stereocenters. The molecule has 0 radical (unpaired) electrons. The molecule has 0 fully saturated rings. The fraction of sp³-hybridized carbons (Fsp3) is 0.632. The number of carbonyl (C=O) groups excluding carboxylic acids is 1. The molecule has 0 amide bonds. The van der Waals surface area contributed by atoms with Gasteiger partial charge in [-0.15, -0.1) is 0 Å². The van der Waals surface area contributed by atoms with Crippen molar-refractivity contribution >= 4 is 28.6 Å². The van der Waals surface area contributed by atoms with Crippen LogP contribution in [0.2, 0.25) is 0 Å². The molecule has 0 saturated carbocycles. The lowest BCUT2D eigenvalue weighted by atomic mass is 9.92. The second kappa shape index (κ2) is 7.96. The summed E-state index contributed by atoms with van der Waals surface area (Å²) in [7, 11) is 1.46. The summed E-state index contributed by atoms with van der Waals surface area (Å²) >= 11 is 1.24. The summed E-state index contributed by atoms with van der Waals surface area (Å²) in [5, 5.41) is 0.772. The molecule has 2 aromatic rings. The largest absolute Gasteiger partial charge is 0.332 e. The SMILES string of the molecule is CCCn1c(=O)n(C)c(=O)c2c(SCC(=O)C(C)(C)C)nc(C(C)C)nc21. The summed E-state index contributed by atoms with van der Waals surface area (Å²) < 4.78 is 2.62. The highest BCUT2D eigenvalue weighted by Crippen LogP contribution is 2.27. The normalized spacial score (nSPS) is 12.1. The van der Waals surface area contributed by atoms with Crippen LogP contribution in [0.5, 0.6) is 0 Å². The van der Waals surface area contributed by atoms with Crippen LogP contribution in [-0.2, 0) is 18.4 Å². The van der Waals surface area contributed by atoms with Gasteiger partial charge in [-0.05, 0) is 6.42 Å². The molecule has 7 nitrogen and oxygen atoms in total. The third kappa shape index (κ3) is 4.31. The van der Waals surface area contributed by atoms with Crippen LogP contribution in [-0.4, -0.2) is 30.6 Å². The zero-order valence-corrected chi connectivity index (χ0v) is 17.9. The lowest BCUT2D eigenvalue weighted by Crippen LogP contribution is -2.39. The average Bonchev–Trinajstić information content (AvgIpc) is 2.59. The highest BCUT2D eigenvalue weighted by molar-refractivity contribution is 8.00. The molecule has 2 heterocycles. The minimum atomic E-state index is -0.466. The van der Waals surface area contributed by atoms with Crippen LogP contribution in [0.3, 0.4) is 0 Å². The Balaban J connectivity index is 2.76. The Hall–Kier alpha value is -1.96. The van der Waals surface area contributed by atoms with E-state index in [2.05, 4.69) is 9.97 Å². The summed E-state index contributed by atoms with van der Waals surface area (Å²) in [6, 6.07) is 0. The van der Waals surface area contributed by atoms with Gasteiger partial charge in [0.25, 0.3) is 5.56 Å². The topological polar surface area (TPSA) is 86.9 Å². The highest BCUT2D eigenvalue weighted by Gasteiger charge is 2.24. The van der Waals surface area contributed by atoms with Gasteiger partial charge in [0.1, 0.15) is 22.0 Å². The van der Waals surface area contributed by atoms with E-state index in [4.69, 9.17) is 0 Å². The van der Waals surface area contributed by atoms with E-state index in [1.165, 1.54) is 23.4 Å². The number of rotatable bonds is 6. The molecule has 0 bridgehead atoms. The maximum absolute atomic E-state index is 12.8. The van der Waals surface area contributed by atoms with Crippen molar-refractivity contribution in [2.24, 2.45) is 12.5 Å². The lowest BCUT2D eigenvalue weighted by molar-refractivity contribution is -0.123. The molecular weight excluding hydrogens is 364 g/mol. The third-order valence-corrected chi connectivity index (χ3v) is 5.28. The molecule has 0 aliphatic heterocycles. The minimum absolute atomic E-state index is 0.0290. The Kier molecular flexibility index (Phi) is 6.29. The van der Waals surface area contributed by atoms with Crippen LogP contribution < -0.4 is 11.2 Å². The first-order valence-electron chi connectivity index (χ1n) is 9.16. The number of Topliss-reactive ketones (excluding diaryl/α,β-unsaturated/α-hetero) is 1. The van der Waals surface area contributed by atoms with Crippen LogP contribution >= 0.6 is 11.8 Å². The van der Waals surface area contributed by atoms with E-state index in [1.807, 2.05) is 41.5 Å². The Bertz CT molecular complexity index is 984. The van der Waals surface area contributed by atoms with Gasteiger partial charge < -0.3 is 0 Å². The fourth-order valence-corrected chi connectivity index (χ4v) is 3.67. The molecule has 2 rings (SSSR count).